The second-order valence-corrected chi connectivity index (χ2v) is 6.33. The number of alkyl halides is 3. The number of anilines is 1. The van der Waals surface area contributed by atoms with Crippen LogP contribution in [0.25, 0.3) is 5.69 Å². The van der Waals surface area contributed by atoms with Crippen LogP contribution < -0.4 is 10.6 Å². The molecule has 134 valence electrons. The van der Waals surface area contributed by atoms with Crippen LogP contribution in [0.5, 0.6) is 0 Å². The van der Waals surface area contributed by atoms with Gasteiger partial charge in [-0.3, -0.25) is 4.79 Å². The summed E-state index contributed by atoms with van der Waals surface area (Å²) in [5.74, 6) is -0.0921. The summed E-state index contributed by atoms with van der Waals surface area (Å²) in [6.07, 6.45) is -3.79. The molecule has 1 aromatic carbocycles. The van der Waals surface area contributed by atoms with Gasteiger partial charge in [0.05, 0.1) is 27.9 Å². The number of nitrogens with one attached hydrogen (secondary N) is 2. The Kier molecular flexibility index (Phi) is 4.75. The molecule has 0 saturated carbocycles. The Morgan fingerprint density at radius 2 is 2.16 bits per heavy atom. The van der Waals surface area contributed by atoms with Gasteiger partial charge in [-0.1, -0.05) is 11.6 Å². The van der Waals surface area contributed by atoms with Crippen LogP contribution in [0.1, 0.15) is 17.7 Å². The zero-order valence-electron chi connectivity index (χ0n) is 13.3. The molecule has 2 heterocycles. The van der Waals surface area contributed by atoms with E-state index < -0.39 is 11.7 Å². The van der Waals surface area contributed by atoms with E-state index in [1.807, 2.05) is 0 Å². The number of halogens is 4. The lowest BCUT2D eigenvalue weighted by Gasteiger charge is -2.14. The number of nitrogens with zero attached hydrogens (tertiary/aromatic N) is 2. The maximum atomic E-state index is 13.0. The first-order chi connectivity index (χ1) is 11.8. The number of hydrogen-bond acceptors (Lipinski definition) is 3. The minimum absolute atomic E-state index is 0.0597. The van der Waals surface area contributed by atoms with Crippen LogP contribution in [0.15, 0.2) is 24.3 Å². The third kappa shape index (κ3) is 3.80. The largest absolute Gasteiger partial charge is 0.416 e. The van der Waals surface area contributed by atoms with Crippen LogP contribution in [0.4, 0.5) is 19.0 Å². The highest BCUT2D eigenvalue weighted by Crippen LogP contribution is 2.34. The smallest absolute Gasteiger partial charge is 0.316 e. The number of aryl methyl sites for hydroxylation is 1. The molecule has 1 saturated heterocycles. The van der Waals surface area contributed by atoms with Crippen LogP contribution in [-0.2, 0) is 11.0 Å². The molecule has 0 spiro atoms. The highest BCUT2D eigenvalue weighted by atomic mass is 35.5. The van der Waals surface area contributed by atoms with Crippen LogP contribution in [0.3, 0.4) is 0 Å². The quantitative estimate of drug-likeness (QED) is 0.868. The van der Waals surface area contributed by atoms with Gasteiger partial charge in [-0.2, -0.15) is 18.3 Å². The molecule has 2 N–H and O–H groups in total. The molecule has 1 unspecified atom stereocenters. The highest BCUT2D eigenvalue weighted by Gasteiger charge is 2.31. The number of benzene rings is 1. The lowest BCUT2D eigenvalue weighted by Crippen LogP contribution is -2.25. The topological polar surface area (TPSA) is 59.0 Å². The number of hydrogen-bond donors (Lipinski definition) is 2. The monoisotopic (exact) mass is 372 g/mol. The van der Waals surface area contributed by atoms with E-state index in [9.17, 15) is 18.0 Å². The fraction of sp³-hybridized carbons (Fsp3) is 0.375. The molecule has 3 rings (SSSR count). The summed E-state index contributed by atoms with van der Waals surface area (Å²) in [5.41, 5.74) is -0.227. The normalized spacial score (nSPS) is 17.7. The molecule has 25 heavy (non-hydrogen) atoms. The Labute approximate surface area is 147 Å². The highest BCUT2D eigenvalue weighted by molar-refractivity contribution is 6.32. The lowest BCUT2D eigenvalue weighted by molar-refractivity contribution is -0.137. The summed E-state index contributed by atoms with van der Waals surface area (Å²) in [5, 5.41) is 10.1. The Morgan fingerprint density at radius 3 is 2.80 bits per heavy atom. The van der Waals surface area contributed by atoms with E-state index in [0.29, 0.717) is 18.7 Å². The summed E-state index contributed by atoms with van der Waals surface area (Å²) in [7, 11) is 0. The van der Waals surface area contributed by atoms with Crippen molar-refractivity contribution in [2.75, 3.05) is 18.4 Å². The van der Waals surface area contributed by atoms with Crippen molar-refractivity contribution in [2.24, 2.45) is 5.92 Å². The van der Waals surface area contributed by atoms with Gasteiger partial charge in [0.2, 0.25) is 5.91 Å². The van der Waals surface area contributed by atoms with Crippen molar-refractivity contribution in [3.8, 4) is 5.69 Å². The van der Waals surface area contributed by atoms with Gasteiger partial charge in [-0.15, -0.1) is 0 Å². The maximum absolute atomic E-state index is 13.0. The van der Waals surface area contributed by atoms with Gasteiger partial charge < -0.3 is 10.6 Å². The molecule has 0 radical (unpaired) electrons. The van der Waals surface area contributed by atoms with E-state index in [1.165, 1.54) is 10.7 Å². The first-order valence-corrected chi connectivity index (χ1v) is 8.09. The molecular formula is C16H16ClF3N4O. The molecular weight excluding hydrogens is 357 g/mol. The summed E-state index contributed by atoms with van der Waals surface area (Å²) in [4.78, 5) is 12.3. The SMILES string of the molecule is Cc1cc(NC(=O)C2CCNC2)n(-c2cc(C(F)(F)F)ccc2Cl)n1. The van der Waals surface area contributed by atoms with E-state index in [0.717, 1.165) is 18.7 Å². The van der Waals surface area contributed by atoms with Crippen molar-refractivity contribution in [3.63, 3.8) is 0 Å². The summed E-state index contributed by atoms with van der Waals surface area (Å²) < 4.78 is 40.2. The number of aromatic nitrogens is 2. The fourth-order valence-corrected chi connectivity index (χ4v) is 2.93. The Morgan fingerprint density at radius 1 is 1.40 bits per heavy atom. The summed E-state index contributed by atoms with van der Waals surface area (Å²) in [6.45, 7) is 3.02. The van der Waals surface area contributed by atoms with Crippen molar-refractivity contribution < 1.29 is 18.0 Å². The molecule has 1 aliphatic rings. The average molecular weight is 373 g/mol. The predicted octanol–water partition coefficient (Wildman–Crippen LogP) is 3.40. The zero-order valence-corrected chi connectivity index (χ0v) is 14.1. The molecule has 1 aromatic heterocycles. The Balaban J connectivity index is 1.96. The van der Waals surface area contributed by atoms with Crippen LogP contribution in [0.2, 0.25) is 5.02 Å². The average Bonchev–Trinajstić information content (AvgIpc) is 3.16. The second-order valence-electron chi connectivity index (χ2n) is 5.93. The van der Waals surface area contributed by atoms with Gasteiger partial charge in [0.15, 0.2) is 0 Å². The van der Waals surface area contributed by atoms with Gasteiger partial charge in [0.1, 0.15) is 5.82 Å². The standard InChI is InChI=1S/C16H16ClF3N4O/c1-9-6-14(22-15(25)10-4-5-21-8-10)24(23-9)13-7-11(16(18,19)20)2-3-12(13)17/h2-3,6-7,10,21H,4-5,8H2,1H3,(H,22,25). The molecule has 1 amide bonds. The summed E-state index contributed by atoms with van der Waals surface area (Å²) >= 11 is 6.07. The third-order valence-electron chi connectivity index (χ3n) is 4.02. The number of amides is 1. The lowest BCUT2D eigenvalue weighted by atomic mass is 10.1. The van der Waals surface area contributed by atoms with Crippen LogP contribution >= 0.6 is 11.6 Å². The third-order valence-corrected chi connectivity index (χ3v) is 4.34. The molecule has 5 nitrogen and oxygen atoms in total. The Hall–Kier alpha value is -2.06. The van der Waals surface area contributed by atoms with Crippen molar-refractivity contribution in [3.05, 3.63) is 40.5 Å². The summed E-state index contributed by atoms with van der Waals surface area (Å²) in [6, 6.07) is 4.59. The number of carbonyl (C=O) groups is 1. The van der Waals surface area contributed by atoms with Crippen LogP contribution in [-0.4, -0.2) is 28.8 Å². The molecule has 0 aliphatic carbocycles. The molecule has 9 heteroatoms. The van der Waals surface area contributed by atoms with E-state index in [2.05, 4.69) is 15.7 Å². The molecule has 1 atom stereocenters. The van der Waals surface area contributed by atoms with Gasteiger partial charge in [0, 0.05) is 12.6 Å². The first-order valence-electron chi connectivity index (χ1n) is 7.71. The first kappa shape index (κ1) is 17.8. The van der Waals surface area contributed by atoms with Crippen LogP contribution in [0, 0.1) is 12.8 Å². The van der Waals surface area contributed by atoms with Crippen molar-refractivity contribution in [2.45, 2.75) is 19.5 Å². The van der Waals surface area contributed by atoms with Gasteiger partial charge in [-0.25, -0.2) is 4.68 Å². The van der Waals surface area contributed by atoms with Crippen molar-refractivity contribution >= 4 is 23.3 Å². The van der Waals surface area contributed by atoms with Gasteiger partial charge >= 0.3 is 6.18 Å². The van der Waals surface area contributed by atoms with E-state index in [1.54, 1.807) is 13.0 Å². The second kappa shape index (κ2) is 6.68. The minimum atomic E-state index is -4.50. The number of carbonyl (C=O) groups excluding carboxylic acids is 1. The van der Waals surface area contributed by atoms with Crippen molar-refractivity contribution in [1.82, 2.24) is 15.1 Å². The van der Waals surface area contributed by atoms with Crippen molar-refractivity contribution in [1.29, 1.82) is 0 Å². The number of rotatable bonds is 3. The minimum Gasteiger partial charge on any atom is -0.316 e. The maximum Gasteiger partial charge on any atom is 0.416 e. The fourth-order valence-electron chi connectivity index (χ4n) is 2.73. The zero-order chi connectivity index (χ0) is 18.2. The predicted molar refractivity (Wildman–Crippen MR) is 87.9 cm³/mol. The van der Waals surface area contributed by atoms with Gasteiger partial charge in [0.25, 0.3) is 0 Å². The molecule has 2 aromatic rings. The van der Waals surface area contributed by atoms with E-state index in [-0.39, 0.29) is 28.4 Å². The Bertz CT molecular complexity index is 797. The molecule has 1 fully saturated rings. The van der Waals surface area contributed by atoms with Gasteiger partial charge in [-0.05, 0) is 38.1 Å². The molecule has 1 aliphatic heterocycles. The molecule has 0 bridgehead atoms. The van der Waals surface area contributed by atoms with E-state index >= 15 is 0 Å². The van der Waals surface area contributed by atoms with E-state index in [4.69, 9.17) is 11.6 Å².